The highest BCUT2D eigenvalue weighted by atomic mass is 19.1. The Kier molecular flexibility index (Phi) is 2.99. The molecule has 2 rings (SSSR count). The van der Waals surface area contributed by atoms with E-state index >= 15 is 0 Å². The molecule has 17 heavy (non-hydrogen) atoms. The molecule has 0 saturated heterocycles. The SMILES string of the molecule is Cc1nc(CNc2cccc(F)c2N)oc1C. The number of nitrogens with zero attached hydrogens (tertiary/aromatic N) is 1. The summed E-state index contributed by atoms with van der Waals surface area (Å²) in [7, 11) is 0. The van der Waals surface area contributed by atoms with Crippen LogP contribution < -0.4 is 11.1 Å². The number of hydrogen-bond acceptors (Lipinski definition) is 4. The molecule has 0 spiro atoms. The van der Waals surface area contributed by atoms with Crippen molar-refractivity contribution in [3.05, 3.63) is 41.4 Å². The monoisotopic (exact) mass is 235 g/mol. The van der Waals surface area contributed by atoms with E-state index in [1.807, 2.05) is 13.8 Å². The van der Waals surface area contributed by atoms with Crippen LogP contribution in [0.2, 0.25) is 0 Å². The van der Waals surface area contributed by atoms with Crippen molar-refractivity contribution in [3.8, 4) is 0 Å². The molecule has 90 valence electrons. The second-order valence-corrected chi connectivity index (χ2v) is 3.80. The number of nitrogens with one attached hydrogen (secondary N) is 1. The third-order valence-corrected chi connectivity index (χ3v) is 2.56. The minimum atomic E-state index is -0.435. The lowest BCUT2D eigenvalue weighted by molar-refractivity contribution is 0.478. The number of para-hydroxylation sites is 1. The highest BCUT2D eigenvalue weighted by Gasteiger charge is 2.07. The highest BCUT2D eigenvalue weighted by Crippen LogP contribution is 2.21. The molecule has 0 radical (unpaired) electrons. The van der Waals surface area contributed by atoms with Gasteiger partial charge in [0, 0.05) is 0 Å². The van der Waals surface area contributed by atoms with Gasteiger partial charge in [-0.05, 0) is 26.0 Å². The molecule has 1 aromatic heterocycles. The fourth-order valence-electron chi connectivity index (χ4n) is 1.48. The van der Waals surface area contributed by atoms with Crippen LogP contribution in [0.4, 0.5) is 15.8 Å². The normalized spacial score (nSPS) is 10.5. The Morgan fingerprint density at radius 3 is 2.82 bits per heavy atom. The minimum absolute atomic E-state index is 0.104. The molecule has 0 aliphatic rings. The maximum Gasteiger partial charge on any atom is 0.213 e. The quantitative estimate of drug-likeness (QED) is 0.803. The van der Waals surface area contributed by atoms with Crippen LogP contribution >= 0.6 is 0 Å². The van der Waals surface area contributed by atoms with Crippen LogP contribution in [0.3, 0.4) is 0 Å². The molecule has 0 aliphatic heterocycles. The predicted molar refractivity (Wildman–Crippen MR) is 64.1 cm³/mol. The molecule has 0 amide bonds. The summed E-state index contributed by atoms with van der Waals surface area (Å²) in [5, 5.41) is 2.99. The highest BCUT2D eigenvalue weighted by molar-refractivity contribution is 5.66. The first kappa shape index (κ1) is 11.4. The summed E-state index contributed by atoms with van der Waals surface area (Å²) in [5.41, 5.74) is 7.09. The van der Waals surface area contributed by atoms with Gasteiger partial charge in [-0.15, -0.1) is 0 Å². The first-order valence-corrected chi connectivity index (χ1v) is 5.28. The summed E-state index contributed by atoms with van der Waals surface area (Å²) in [5.74, 6) is 0.910. The van der Waals surface area contributed by atoms with Gasteiger partial charge in [0.1, 0.15) is 11.6 Å². The Balaban J connectivity index is 2.10. The Hall–Kier alpha value is -2.04. The molecule has 0 bridgehead atoms. The predicted octanol–water partition coefficient (Wildman–Crippen LogP) is 2.62. The molecule has 0 unspecified atom stereocenters. The summed E-state index contributed by atoms with van der Waals surface area (Å²) in [6.07, 6.45) is 0. The van der Waals surface area contributed by atoms with Crippen LogP contribution in [-0.2, 0) is 6.54 Å². The van der Waals surface area contributed by atoms with Gasteiger partial charge in [0.25, 0.3) is 0 Å². The van der Waals surface area contributed by atoms with Gasteiger partial charge < -0.3 is 15.5 Å². The van der Waals surface area contributed by atoms with E-state index < -0.39 is 5.82 Å². The van der Waals surface area contributed by atoms with Gasteiger partial charge in [0.05, 0.1) is 23.6 Å². The number of aromatic nitrogens is 1. The molecule has 2 aromatic rings. The topological polar surface area (TPSA) is 64.1 Å². The molecule has 4 nitrogen and oxygen atoms in total. The third kappa shape index (κ3) is 2.38. The summed E-state index contributed by atoms with van der Waals surface area (Å²) >= 11 is 0. The number of oxazole rings is 1. The average Bonchev–Trinajstić information content (AvgIpc) is 2.61. The summed E-state index contributed by atoms with van der Waals surface area (Å²) in [4.78, 5) is 4.21. The van der Waals surface area contributed by atoms with E-state index in [4.69, 9.17) is 10.2 Å². The van der Waals surface area contributed by atoms with E-state index in [0.29, 0.717) is 18.1 Å². The standard InChI is InChI=1S/C12H14FN3O/c1-7-8(2)17-11(16-7)6-15-10-5-3-4-9(13)12(10)14/h3-5,15H,6,14H2,1-2H3. The van der Waals surface area contributed by atoms with Gasteiger partial charge >= 0.3 is 0 Å². The number of hydrogen-bond donors (Lipinski definition) is 2. The molecule has 3 N–H and O–H groups in total. The second kappa shape index (κ2) is 4.45. The summed E-state index contributed by atoms with van der Waals surface area (Å²) in [6.45, 7) is 4.10. The third-order valence-electron chi connectivity index (χ3n) is 2.56. The molecular formula is C12H14FN3O. The lowest BCUT2D eigenvalue weighted by Crippen LogP contribution is -2.04. The molecular weight excluding hydrogens is 221 g/mol. The molecule has 0 atom stereocenters. The van der Waals surface area contributed by atoms with Crippen molar-refractivity contribution >= 4 is 11.4 Å². The molecule has 5 heteroatoms. The van der Waals surface area contributed by atoms with Gasteiger partial charge in [0.15, 0.2) is 0 Å². The molecule has 0 aliphatic carbocycles. The van der Waals surface area contributed by atoms with Crippen LogP contribution in [0.15, 0.2) is 22.6 Å². The Morgan fingerprint density at radius 2 is 2.18 bits per heavy atom. The summed E-state index contributed by atoms with van der Waals surface area (Å²) in [6, 6.07) is 4.63. The number of aryl methyl sites for hydroxylation is 2. The maximum absolute atomic E-state index is 13.2. The number of nitrogens with two attached hydrogens (primary N) is 1. The number of halogens is 1. The smallest absolute Gasteiger partial charge is 0.213 e. The molecule has 0 fully saturated rings. The zero-order valence-corrected chi connectivity index (χ0v) is 9.75. The van der Waals surface area contributed by atoms with Crippen molar-refractivity contribution < 1.29 is 8.81 Å². The zero-order valence-electron chi connectivity index (χ0n) is 9.75. The number of nitrogen functional groups attached to an aromatic ring is 1. The van der Waals surface area contributed by atoms with Gasteiger partial charge in [-0.25, -0.2) is 9.37 Å². The van der Waals surface area contributed by atoms with E-state index in [2.05, 4.69) is 10.3 Å². The molecule has 0 saturated carbocycles. The largest absolute Gasteiger partial charge is 0.444 e. The van der Waals surface area contributed by atoms with Crippen molar-refractivity contribution in [2.45, 2.75) is 20.4 Å². The molecule has 1 aromatic carbocycles. The number of anilines is 2. The first-order valence-electron chi connectivity index (χ1n) is 5.28. The van der Waals surface area contributed by atoms with E-state index in [9.17, 15) is 4.39 Å². The average molecular weight is 235 g/mol. The van der Waals surface area contributed by atoms with Gasteiger partial charge in [-0.1, -0.05) is 6.07 Å². The second-order valence-electron chi connectivity index (χ2n) is 3.80. The Labute approximate surface area is 98.7 Å². The first-order chi connectivity index (χ1) is 8.08. The van der Waals surface area contributed by atoms with Crippen molar-refractivity contribution in [2.75, 3.05) is 11.1 Å². The fourth-order valence-corrected chi connectivity index (χ4v) is 1.48. The number of rotatable bonds is 3. The zero-order chi connectivity index (χ0) is 12.4. The van der Waals surface area contributed by atoms with Gasteiger partial charge in [-0.3, -0.25) is 0 Å². The van der Waals surface area contributed by atoms with Crippen LogP contribution in [0.5, 0.6) is 0 Å². The maximum atomic E-state index is 13.2. The summed E-state index contributed by atoms with van der Waals surface area (Å²) < 4.78 is 18.6. The van der Waals surface area contributed by atoms with E-state index in [0.717, 1.165) is 11.5 Å². The van der Waals surface area contributed by atoms with Crippen LogP contribution in [0.25, 0.3) is 0 Å². The lowest BCUT2D eigenvalue weighted by atomic mass is 10.2. The van der Waals surface area contributed by atoms with Crippen LogP contribution in [-0.4, -0.2) is 4.98 Å². The van der Waals surface area contributed by atoms with E-state index in [1.54, 1.807) is 12.1 Å². The van der Waals surface area contributed by atoms with Crippen molar-refractivity contribution in [2.24, 2.45) is 0 Å². The fraction of sp³-hybridized carbons (Fsp3) is 0.250. The van der Waals surface area contributed by atoms with Crippen molar-refractivity contribution in [3.63, 3.8) is 0 Å². The van der Waals surface area contributed by atoms with E-state index in [-0.39, 0.29) is 5.69 Å². The van der Waals surface area contributed by atoms with Gasteiger partial charge in [-0.2, -0.15) is 0 Å². The molecule has 1 heterocycles. The lowest BCUT2D eigenvalue weighted by Gasteiger charge is -2.07. The Morgan fingerprint density at radius 1 is 1.41 bits per heavy atom. The Bertz CT molecular complexity index is 517. The van der Waals surface area contributed by atoms with E-state index in [1.165, 1.54) is 6.07 Å². The van der Waals surface area contributed by atoms with Crippen molar-refractivity contribution in [1.82, 2.24) is 4.98 Å². The minimum Gasteiger partial charge on any atom is -0.444 e. The van der Waals surface area contributed by atoms with Crippen LogP contribution in [0, 0.1) is 19.7 Å². The number of benzene rings is 1. The van der Waals surface area contributed by atoms with Crippen molar-refractivity contribution in [1.29, 1.82) is 0 Å². The van der Waals surface area contributed by atoms with Gasteiger partial charge in [0.2, 0.25) is 5.89 Å². The van der Waals surface area contributed by atoms with Crippen LogP contribution in [0.1, 0.15) is 17.3 Å².